The molecule has 160 valence electrons. The van der Waals surface area contributed by atoms with E-state index >= 15 is 0 Å². The van der Waals surface area contributed by atoms with E-state index in [9.17, 15) is 0 Å². The van der Waals surface area contributed by atoms with Crippen LogP contribution in [0.4, 0.5) is 0 Å². The highest BCUT2D eigenvalue weighted by Crippen LogP contribution is 2.28. The van der Waals surface area contributed by atoms with Crippen LogP contribution in [0.5, 0.6) is 5.75 Å². The Bertz CT molecular complexity index is 1150. The summed E-state index contributed by atoms with van der Waals surface area (Å²) in [5.74, 6) is 2.61. The molecule has 1 aromatic heterocycles. The Morgan fingerprint density at radius 1 is 0.903 bits per heavy atom. The maximum atomic E-state index is 6.24. The van der Waals surface area contributed by atoms with Crippen molar-refractivity contribution >= 4 is 22.6 Å². The molecule has 4 rings (SSSR count). The van der Waals surface area contributed by atoms with E-state index in [1.807, 2.05) is 30.3 Å². The van der Waals surface area contributed by atoms with E-state index in [2.05, 4.69) is 67.8 Å². The van der Waals surface area contributed by atoms with Gasteiger partial charge in [0.1, 0.15) is 18.2 Å². The van der Waals surface area contributed by atoms with Crippen LogP contribution >= 0.6 is 11.6 Å². The highest BCUT2D eigenvalue weighted by atomic mass is 35.5. The second-order valence-corrected chi connectivity index (χ2v) is 8.86. The maximum absolute atomic E-state index is 6.24. The summed E-state index contributed by atoms with van der Waals surface area (Å²) in [5.41, 5.74) is 4.80. The molecule has 0 aliphatic heterocycles. The van der Waals surface area contributed by atoms with Crippen molar-refractivity contribution in [2.24, 2.45) is 5.92 Å². The summed E-state index contributed by atoms with van der Waals surface area (Å²) >= 11 is 6.24. The van der Waals surface area contributed by atoms with Crippen molar-refractivity contribution in [1.29, 1.82) is 0 Å². The van der Waals surface area contributed by atoms with Crippen molar-refractivity contribution in [1.82, 2.24) is 9.55 Å². The Morgan fingerprint density at radius 2 is 1.61 bits per heavy atom. The molecule has 1 atom stereocenters. The number of para-hydroxylation sites is 3. The van der Waals surface area contributed by atoms with E-state index in [4.69, 9.17) is 21.3 Å². The zero-order chi connectivity index (χ0) is 21.8. The summed E-state index contributed by atoms with van der Waals surface area (Å²) in [6.07, 6.45) is 1.10. The minimum absolute atomic E-state index is 0.181. The van der Waals surface area contributed by atoms with Crippen LogP contribution < -0.4 is 4.74 Å². The largest absolute Gasteiger partial charge is 0.490 e. The first kappa shape index (κ1) is 21.5. The second kappa shape index (κ2) is 9.57. The van der Waals surface area contributed by atoms with Crippen molar-refractivity contribution < 1.29 is 4.74 Å². The third kappa shape index (κ3) is 4.94. The van der Waals surface area contributed by atoms with Gasteiger partial charge < -0.3 is 9.30 Å². The number of ether oxygens (including phenoxy) is 1. The third-order valence-corrected chi connectivity index (χ3v) is 5.92. The number of hydrogen-bond donors (Lipinski definition) is 0. The van der Waals surface area contributed by atoms with Gasteiger partial charge in [-0.25, -0.2) is 4.98 Å². The lowest BCUT2D eigenvalue weighted by atomic mass is 9.96. The first-order valence-corrected chi connectivity index (χ1v) is 11.3. The summed E-state index contributed by atoms with van der Waals surface area (Å²) in [6.45, 7) is 7.96. The average molecular weight is 433 g/mol. The number of imidazole rings is 1. The molecule has 1 unspecified atom stereocenters. The molecule has 1 heterocycles. The summed E-state index contributed by atoms with van der Waals surface area (Å²) in [4.78, 5) is 4.98. The lowest BCUT2D eigenvalue weighted by Crippen LogP contribution is -2.13. The quantitative estimate of drug-likeness (QED) is 0.296. The molecule has 0 amide bonds. The lowest BCUT2D eigenvalue weighted by Gasteiger charge is -2.16. The van der Waals surface area contributed by atoms with Crippen molar-refractivity contribution in [3.8, 4) is 5.75 Å². The Morgan fingerprint density at radius 3 is 2.35 bits per heavy atom. The maximum Gasteiger partial charge on any atom is 0.137 e. The van der Waals surface area contributed by atoms with Crippen molar-refractivity contribution in [2.75, 3.05) is 6.61 Å². The minimum Gasteiger partial charge on any atom is -0.490 e. The predicted octanol–water partition coefficient (Wildman–Crippen LogP) is 7.12. The smallest absolute Gasteiger partial charge is 0.137 e. The fourth-order valence-electron chi connectivity index (χ4n) is 4.03. The number of aromatic nitrogens is 2. The van der Waals surface area contributed by atoms with Crippen LogP contribution in [0.25, 0.3) is 11.0 Å². The minimum atomic E-state index is 0.181. The van der Waals surface area contributed by atoms with E-state index in [-0.39, 0.29) is 5.92 Å². The van der Waals surface area contributed by atoms with Gasteiger partial charge in [-0.05, 0) is 47.7 Å². The summed E-state index contributed by atoms with van der Waals surface area (Å²) in [6, 6.07) is 24.9. The van der Waals surface area contributed by atoms with Crippen LogP contribution in [-0.2, 0) is 13.0 Å². The van der Waals surface area contributed by atoms with E-state index in [1.165, 1.54) is 11.1 Å². The van der Waals surface area contributed by atoms with Gasteiger partial charge in [0.25, 0.3) is 0 Å². The number of hydrogen-bond acceptors (Lipinski definition) is 2. The molecule has 31 heavy (non-hydrogen) atoms. The monoisotopic (exact) mass is 432 g/mol. The third-order valence-electron chi connectivity index (χ3n) is 5.60. The van der Waals surface area contributed by atoms with Crippen molar-refractivity contribution in [3.63, 3.8) is 0 Å². The fourth-order valence-corrected chi connectivity index (χ4v) is 4.22. The molecule has 0 saturated heterocycles. The standard InChI is InChI=1S/C27H29ClN2O/c1-19(2)18-21-12-14-22(15-13-21)20(3)27-29-24-9-5-6-10-25(24)30(27)16-17-31-26-11-7-4-8-23(26)28/h4-15,19-20H,16-18H2,1-3H3. The predicted molar refractivity (Wildman–Crippen MR) is 129 cm³/mol. The number of benzene rings is 3. The Hall–Kier alpha value is -2.78. The summed E-state index contributed by atoms with van der Waals surface area (Å²) in [5, 5.41) is 0.632. The number of nitrogens with zero attached hydrogens (tertiary/aromatic N) is 2. The van der Waals surface area contributed by atoms with E-state index in [1.54, 1.807) is 0 Å². The van der Waals surface area contributed by atoms with Crippen LogP contribution in [0.3, 0.4) is 0 Å². The SMILES string of the molecule is CC(C)Cc1ccc(C(C)c2nc3ccccc3n2CCOc2ccccc2Cl)cc1. The van der Waals surface area contributed by atoms with Crippen LogP contribution in [0.2, 0.25) is 5.02 Å². The molecule has 0 N–H and O–H groups in total. The normalized spacial score (nSPS) is 12.4. The van der Waals surface area contributed by atoms with Gasteiger partial charge in [0.15, 0.2) is 0 Å². The van der Waals surface area contributed by atoms with E-state index in [0.717, 1.165) is 23.3 Å². The molecule has 3 aromatic carbocycles. The van der Waals surface area contributed by atoms with E-state index in [0.29, 0.717) is 29.8 Å². The van der Waals surface area contributed by atoms with E-state index < -0.39 is 0 Å². The molecular formula is C27H29ClN2O. The molecule has 3 nitrogen and oxygen atoms in total. The number of fused-ring (bicyclic) bond motifs is 1. The van der Waals surface area contributed by atoms with Crippen LogP contribution in [0.1, 0.15) is 43.6 Å². The highest BCUT2D eigenvalue weighted by Gasteiger charge is 2.18. The number of rotatable bonds is 8. The molecule has 0 saturated carbocycles. The van der Waals surface area contributed by atoms with Gasteiger partial charge in [-0.15, -0.1) is 0 Å². The first-order valence-electron chi connectivity index (χ1n) is 10.9. The first-order chi connectivity index (χ1) is 15.0. The van der Waals surface area contributed by atoms with Crippen molar-refractivity contribution in [3.05, 3.63) is 94.8 Å². The molecule has 0 aliphatic carbocycles. The summed E-state index contributed by atoms with van der Waals surface area (Å²) < 4.78 is 8.25. The molecule has 0 radical (unpaired) electrons. The molecule has 4 heteroatoms. The van der Waals surface area contributed by atoms with Gasteiger partial charge in [-0.3, -0.25) is 0 Å². The summed E-state index contributed by atoms with van der Waals surface area (Å²) in [7, 11) is 0. The molecular weight excluding hydrogens is 404 g/mol. The Labute approximate surface area is 189 Å². The lowest BCUT2D eigenvalue weighted by molar-refractivity contribution is 0.298. The van der Waals surface area contributed by atoms with Gasteiger partial charge in [-0.1, -0.05) is 80.9 Å². The van der Waals surface area contributed by atoms with Crippen LogP contribution in [0, 0.1) is 5.92 Å². The van der Waals surface area contributed by atoms with Gasteiger partial charge in [0, 0.05) is 5.92 Å². The highest BCUT2D eigenvalue weighted by molar-refractivity contribution is 6.32. The Balaban J connectivity index is 1.59. The second-order valence-electron chi connectivity index (χ2n) is 8.45. The zero-order valence-corrected chi connectivity index (χ0v) is 19.1. The fraction of sp³-hybridized carbons (Fsp3) is 0.296. The van der Waals surface area contributed by atoms with Gasteiger partial charge in [-0.2, -0.15) is 0 Å². The average Bonchev–Trinajstić information content (AvgIpc) is 3.13. The van der Waals surface area contributed by atoms with Gasteiger partial charge >= 0.3 is 0 Å². The Kier molecular flexibility index (Phi) is 6.62. The molecule has 0 fully saturated rings. The zero-order valence-electron chi connectivity index (χ0n) is 18.4. The molecule has 0 bridgehead atoms. The van der Waals surface area contributed by atoms with Gasteiger partial charge in [0.05, 0.1) is 22.6 Å². The van der Waals surface area contributed by atoms with Crippen LogP contribution in [0.15, 0.2) is 72.8 Å². The molecule has 4 aromatic rings. The molecule has 0 spiro atoms. The van der Waals surface area contributed by atoms with Crippen molar-refractivity contribution in [2.45, 2.75) is 39.7 Å². The topological polar surface area (TPSA) is 27.1 Å². The van der Waals surface area contributed by atoms with Crippen LogP contribution in [-0.4, -0.2) is 16.2 Å². The number of halogens is 1. The van der Waals surface area contributed by atoms with Gasteiger partial charge in [0.2, 0.25) is 0 Å². The molecule has 0 aliphatic rings.